The van der Waals surface area contributed by atoms with Gasteiger partial charge in [-0.25, -0.2) is 0 Å². The zero-order valence-electron chi connectivity index (χ0n) is 25.2. The molecule has 43 heavy (non-hydrogen) atoms. The molecule has 3 aliphatic heterocycles. The third-order valence-corrected chi connectivity index (χ3v) is 8.54. The molecule has 1 saturated carbocycles. The third-order valence-electron chi connectivity index (χ3n) is 8.54. The number of aliphatic hydroxyl groups excluding tert-OH is 2. The molecule has 1 saturated heterocycles. The van der Waals surface area contributed by atoms with Gasteiger partial charge in [-0.2, -0.15) is 0 Å². The van der Waals surface area contributed by atoms with Gasteiger partial charge in [0.15, 0.2) is 0 Å². The second-order valence-corrected chi connectivity index (χ2v) is 12.0. The van der Waals surface area contributed by atoms with Crippen LogP contribution in [0.15, 0.2) is 94.2 Å². The van der Waals surface area contributed by atoms with E-state index in [4.69, 9.17) is 20.6 Å². The summed E-state index contributed by atoms with van der Waals surface area (Å²) in [6, 6.07) is 18.8. The van der Waals surface area contributed by atoms with Crippen LogP contribution in [0.4, 0.5) is 0 Å². The Morgan fingerprint density at radius 1 is 0.884 bits per heavy atom. The molecule has 2 aromatic rings. The maximum atomic E-state index is 9.99. The fourth-order valence-corrected chi connectivity index (χ4v) is 5.99. The smallest absolute Gasteiger partial charge is 0.0818 e. The van der Waals surface area contributed by atoms with E-state index in [9.17, 15) is 10.2 Å². The summed E-state index contributed by atoms with van der Waals surface area (Å²) < 4.78 is 0. The molecule has 0 aromatic heterocycles. The van der Waals surface area contributed by atoms with Crippen LogP contribution >= 0.6 is 0 Å². The van der Waals surface area contributed by atoms with Gasteiger partial charge >= 0.3 is 0 Å². The van der Waals surface area contributed by atoms with Crippen LogP contribution in [-0.4, -0.2) is 41.1 Å². The van der Waals surface area contributed by atoms with Gasteiger partial charge in [-0.3, -0.25) is 0 Å². The Morgan fingerprint density at radius 3 is 2.07 bits per heavy atom. The minimum atomic E-state index is -0.633. The molecule has 1 aliphatic carbocycles. The first kappa shape index (κ1) is 33.2. The molecule has 235 valence electrons. The van der Waals surface area contributed by atoms with Gasteiger partial charge in [0.05, 0.1) is 12.2 Å². The van der Waals surface area contributed by atoms with Gasteiger partial charge in [-0.05, 0) is 49.3 Å². The molecule has 2 aromatic carbocycles. The number of aliphatic imine (C=N–C) groups is 2. The van der Waals surface area contributed by atoms with Gasteiger partial charge in [0.25, 0.3) is 0 Å². The average molecular weight is 630 g/mol. The normalized spacial score (nSPS) is 27.1. The van der Waals surface area contributed by atoms with Crippen molar-refractivity contribution in [2.24, 2.45) is 27.7 Å². The summed E-state index contributed by atoms with van der Waals surface area (Å²) in [5, 5.41) is 34.2. The van der Waals surface area contributed by atoms with Crippen LogP contribution in [0.5, 0.6) is 0 Å². The van der Waals surface area contributed by atoms with Crippen LogP contribution in [0, 0.1) is 17.8 Å². The van der Waals surface area contributed by atoms with E-state index in [0.29, 0.717) is 24.2 Å². The molecule has 0 spiro atoms. The first-order valence-corrected chi connectivity index (χ1v) is 15.5. The molecule has 2 fully saturated rings. The minimum Gasteiger partial charge on any atom is -0.660 e. The molecular weight excluding hydrogens is 586 g/mol. The first-order chi connectivity index (χ1) is 20.5. The summed E-state index contributed by atoms with van der Waals surface area (Å²) >= 11 is 0. The van der Waals surface area contributed by atoms with E-state index in [1.807, 2.05) is 66.7 Å². The molecule has 3 heterocycles. The topological polar surface area (TPSA) is 107 Å². The van der Waals surface area contributed by atoms with Gasteiger partial charge < -0.3 is 36.1 Å². The van der Waals surface area contributed by atoms with Crippen molar-refractivity contribution < 1.29 is 27.3 Å². The van der Waals surface area contributed by atoms with E-state index in [1.165, 1.54) is 37.7 Å². The van der Waals surface area contributed by atoms with E-state index >= 15 is 0 Å². The van der Waals surface area contributed by atoms with E-state index < -0.39 is 12.2 Å². The first-order valence-electron chi connectivity index (χ1n) is 15.5. The zero-order chi connectivity index (χ0) is 29.3. The second-order valence-electron chi connectivity index (χ2n) is 12.0. The van der Waals surface area contributed by atoms with Crippen molar-refractivity contribution in [2.45, 2.75) is 77.2 Å². The third kappa shape index (κ3) is 9.37. The maximum Gasteiger partial charge on any atom is 0.0818 e. The van der Waals surface area contributed by atoms with E-state index in [1.54, 1.807) is 0 Å². The largest absolute Gasteiger partial charge is 0.660 e. The molecule has 6 atom stereocenters. The fourth-order valence-electron chi connectivity index (χ4n) is 5.99. The molecule has 1 radical (unpaired) electrons. The number of allylic oxidation sites excluding steroid dienone is 2. The molecule has 7 nitrogen and oxygen atoms in total. The van der Waals surface area contributed by atoms with Crippen molar-refractivity contribution in [1.82, 2.24) is 0 Å². The Hall–Kier alpha value is -2.74. The number of nitrogens with zero attached hydrogens (tertiary/aromatic N) is 5. The predicted molar refractivity (Wildman–Crippen MR) is 172 cm³/mol. The quantitative estimate of drug-likeness (QED) is 0.315. The summed E-state index contributed by atoms with van der Waals surface area (Å²) in [6.45, 7) is 6.05. The summed E-state index contributed by atoms with van der Waals surface area (Å²) in [5.41, 5.74) is 2.95. The number of hydrogen-bond acceptors (Lipinski definition) is 3. The van der Waals surface area contributed by atoms with Gasteiger partial charge in [-0.1, -0.05) is 134 Å². The number of aliphatic hydroxyl groups is 2. The van der Waals surface area contributed by atoms with Gasteiger partial charge in [0.1, 0.15) is 0 Å². The summed E-state index contributed by atoms with van der Waals surface area (Å²) in [6.07, 6.45) is 10.5. The van der Waals surface area contributed by atoms with E-state index in [-0.39, 0.29) is 23.2 Å². The number of hydrogen-bond donors (Lipinski definition) is 2. The molecule has 8 heteroatoms. The maximum absolute atomic E-state index is 9.99. The second kappa shape index (κ2) is 16.4. The summed E-state index contributed by atoms with van der Waals surface area (Å²) in [7, 11) is 0. The Bertz CT molecular complexity index is 1230. The Balaban J connectivity index is 0.000000207. The van der Waals surface area contributed by atoms with Crippen molar-refractivity contribution in [1.29, 1.82) is 0 Å². The molecule has 0 bridgehead atoms. The summed E-state index contributed by atoms with van der Waals surface area (Å²) in [5.74, 6) is 4.35. The summed E-state index contributed by atoms with van der Waals surface area (Å²) in [4.78, 5) is 9.67. The Labute approximate surface area is 267 Å². The number of piperidine rings is 1. The van der Waals surface area contributed by atoms with Crippen LogP contribution in [0.25, 0.3) is 16.0 Å². The van der Waals surface area contributed by atoms with Crippen molar-refractivity contribution in [3.05, 3.63) is 111 Å². The van der Waals surface area contributed by atoms with Crippen LogP contribution < -0.4 is 0 Å². The van der Waals surface area contributed by atoms with Gasteiger partial charge in [0, 0.05) is 23.5 Å². The van der Waals surface area contributed by atoms with Crippen LogP contribution in [0.3, 0.4) is 0 Å². The van der Waals surface area contributed by atoms with E-state index in [2.05, 4.69) is 25.2 Å². The predicted octanol–water partition coefficient (Wildman–Crippen LogP) is 8.12. The van der Waals surface area contributed by atoms with Crippen molar-refractivity contribution in [2.75, 3.05) is 13.1 Å². The van der Waals surface area contributed by atoms with E-state index in [0.717, 1.165) is 48.1 Å². The molecule has 4 aliphatic rings. The van der Waals surface area contributed by atoms with Crippen LogP contribution in [0.2, 0.25) is 0 Å². The molecule has 0 amide bonds. The van der Waals surface area contributed by atoms with Crippen LogP contribution in [-0.2, 0) is 17.1 Å². The number of rotatable bonds is 6. The Morgan fingerprint density at radius 2 is 1.51 bits per heavy atom. The molecule has 2 N–H and O–H groups in total. The standard InChI is InChI=1S/C20H28N5.C15H16O2.Cu/c1-13-7-9-17(21-11-13)23-19-15-5-3-4-6-16(15)20(25-19)24-18-10-8-14(2)12-22-18;16-14(12-7-3-1-4-8-12)11-15(17)13-9-5-2-6-10-13;/h7,9,14-16,18H,3-6,8,10-12H2,1-2H3;1-10,14-17H,11H2;/q-3;;. The minimum absolute atomic E-state index is 0. The molecule has 6 unspecified atom stereocenters. The molecule has 6 rings (SSSR count). The number of amidine groups is 2. The van der Waals surface area contributed by atoms with Crippen molar-refractivity contribution in [3.63, 3.8) is 0 Å². The monoisotopic (exact) mass is 629 g/mol. The van der Waals surface area contributed by atoms with Gasteiger partial charge in [-0.15, -0.1) is 12.7 Å². The average Bonchev–Trinajstić information content (AvgIpc) is 3.37. The molecular formula is C35H44CuN5O2-3. The van der Waals surface area contributed by atoms with Crippen molar-refractivity contribution >= 4 is 11.7 Å². The van der Waals surface area contributed by atoms with Crippen molar-refractivity contribution in [3.8, 4) is 0 Å². The zero-order valence-corrected chi connectivity index (χ0v) is 26.1. The van der Waals surface area contributed by atoms with Crippen LogP contribution in [0.1, 0.15) is 82.1 Å². The SMILES string of the molecule is CC1=CC=C(N=C2N=C([N-]C3CCC(C)C[N-]3)C3CCCCC23)[N-]C1.OC(CC(O)c1ccccc1)c1ccccc1.[Cu]. The fraction of sp³-hybridized carbons (Fsp3) is 0.486. The number of fused-ring (bicyclic) bond motifs is 1. The number of benzene rings is 2. The van der Waals surface area contributed by atoms with Gasteiger partial charge in [0.2, 0.25) is 0 Å². The Kier molecular flexibility index (Phi) is 12.6.